The Kier molecular flexibility index (Phi) is 3.36. The van der Waals surface area contributed by atoms with Crippen LogP contribution < -0.4 is 11.2 Å². The summed E-state index contributed by atoms with van der Waals surface area (Å²) >= 11 is 0. The summed E-state index contributed by atoms with van der Waals surface area (Å²) in [6, 6.07) is 8.43. The van der Waals surface area contributed by atoms with E-state index < -0.39 is 17.1 Å². The molecule has 1 aromatic carbocycles. The van der Waals surface area contributed by atoms with E-state index in [0.717, 1.165) is 10.8 Å². The first-order valence-electron chi connectivity index (χ1n) is 6.19. The monoisotopic (exact) mass is 298 g/mol. The van der Waals surface area contributed by atoms with Gasteiger partial charge in [-0.25, -0.2) is 14.0 Å². The first-order chi connectivity index (χ1) is 10.7. The Morgan fingerprint density at radius 1 is 1.14 bits per heavy atom. The molecule has 2 aromatic heterocycles. The van der Waals surface area contributed by atoms with Crippen molar-refractivity contribution in [1.29, 1.82) is 0 Å². The van der Waals surface area contributed by atoms with Crippen LogP contribution in [0.2, 0.25) is 0 Å². The number of H-pyrrole nitrogens is 1. The first kappa shape index (κ1) is 13.5. The number of nitrogens with zero attached hydrogens (tertiary/aromatic N) is 5. The van der Waals surface area contributed by atoms with Gasteiger partial charge in [-0.15, -0.1) is 10.2 Å². The van der Waals surface area contributed by atoms with Crippen molar-refractivity contribution in [2.24, 2.45) is 5.10 Å². The molecule has 9 heteroatoms. The maximum absolute atomic E-state index is 11.9. The molecule has 110 valence electrons. The van der Waals surface area contributed by atoms with E-state index in [4.69, 9.17) is 0 Å². The third-order valence-electron chi connectivity index (χ3n) is 2.86. The molecular formula is C13H10N6O3. The van der Waals surface area contributed by atoms with E-state index in [9.17, 15) is 14.7 Å². The second kappa shape index (κ2) is 5.48. The van der Waals surface area contributed by atoms with E-state index in [1.807, 2.05) is 0 Å². The zero-order valence-corrected chi connectivity index (χ0v) is 11.1. The lowest BCUT2D eigenvalue weighted by molar-refractivity contribution is 0.430. The van der Waals surface area contributed by atoms with Crippen molar-refractivity contribution < 1.29 is 5.11 Å². The van der Waals surface area contributed by atoms with Gasteiger partial charge in [-0.1, -0.05) is 18.2 Å². The number of nitrogens with one attached hydrogen (secondary N) is 1. The second-order valence-electron chi connectivity index (χ2n) is 4.25. The molecule has 0 amide bonds. The van der Waals surface area contributed by atoms with Crippen LogP contribution in [-0.2, 0) is 0 Å². The van der Waals surface area contributed by atoms with Crippen LogP contribution in [0.15, 0.2) is 57.7 Å². The summed E-state index contributed by atoms with van der Waals surface area (Å²) in [5.41, 5.74) is -1.22. The fourth-order valence-electron chi connectivity index (χ4n) is 1.85. The lowest BCUT2D eigenvalue weighted by Crippen LogP contribution is -2.31. The highest BCUT2D eigenvalue weighted by Crippen LogP contribution is 2.14. The molecule has 0 fully saturated rings. The molecule has 0 aliphatic heterocycles. The van der Waals surface area contributed by atoms with E-state index >= 15 is 0 Å². The number of aromatic amines is 1. The molecule has 0 saturated heterocycles. The highest BCUT2D eigenvalue weighted by Gasteiger charge is 2.13. The van der Waals surface area contributed by atoms with Gasteiger partial charge in [0.05, 0.1) is 11.9 Å². The third kappa shape index (κ3) is 2.42. The van der Waals surface area contributed by atoms with Crippen LogP contribution in [0.5, 0.6) is 5.88 Å². The molecule has 3 rings (SSSR count). The minimum absolute atomic E-state index is 0.155. The largest absolute Gasteiger partial charge is 0.493 e. The van der Waals surface area contributed by atoms with E-state index in [1.54, 1.807) is 30.3 Å². The minimum atomic E-state index is -0.744. The smallest absolute Gasteiger partial charge is 0.335 e. The number of hydrogen-bond donors (Lipinski definition) is 2. The van der Waals surface area contributed by atoms with Crippen molar-refractivity contribution >= 4 is 6.21 Å². The molecule has 22 heavy (non-hydrogen) atoms. The molecule has 0 bridgehead atoms. The molecule has 0 unspecified atom stereocenters. The van der Waals surface area contributed by atoms with Crippen LogP contribution in [0.4, 0.5) is 0 Å². The summed E-state index contributed by atoms with van der Waals surface area (Å²) in [5.74, 6) is -0.503. The summed E-state index contributed by atoms with van der Waals surface area (Å²) in [5, 5.41) is 21.2. The van der Waals surface area contributed by atoms with Gasteiger partial charge in [0, 0.05) is 0 Å². The Morgan fingerprint density at radius 2 is 1.82 bits per heavy atom. The number of benzene rings is 1. The molecule has 0 spiro atoms. The van der Waals surface area contributed by atoms with Gasteiger partial charge in [0.2, 0.25) is 5.88 Å². The van der Waals surface area contributed by atoms with Gasteiger partial charge >= 0.3 is 5.69 Å². The van der Waals surface area contributed by atoms with Crippen molar-refractivity contribution in [3.63, 3.8) is 0 Å². The van der Waals surface area contributed by atoms with Crippen LogP contribution in [0.25, 0.3) is 5.69 Å². The topological polar surface area (TPSA) is 118 Å². The molecule has 9 nitrogen and oxygen atoms in total. The number of aromatic hydroxyl groups is 1. The summed E-state index contributed by atoms with van der Waals surface area (Å²) in [6.07, 6.45) is 3.75. The van der Waals surface area contributed by atoms with Crippen molar-refractivity contribution in [1.82, 2.24) is 24.4 Å². The van der Waals surface area contributed by atoms with Crippen LogP contribution in [0.3, 0.4) is 0 Å². The molecule has 0 atom stereocenters. The molecule has 0 radical (unpaired) electrons. The summed E-state index contributed by atoms with van der Waals surface area (Å²) in [6.45, 7) is 0. The Hall–Kier alpha value is -3.49. The number of para-hydroxylation sites is 1. The quantitative estimate of drug-likeness (QED) is 0.644. The predicted octanol–water partition coefficient (Wildman–Crippen LogP) is -0.295. The fraction of sp³-hybridized carbons (Fsp3) is 0. The van der Waals surface area contributed by atoms with Crippen molar-refractivity contribution in [3.05, 3.63) is 69.4 Å². The van der Waals surface area contributed by atoms with Crippen LogP contribution in [0.1, 0.15) is 5.56 Å². The maximum Gasteiger partial charge on any atom is 0.335 e. The van der Waals surface area contributed by atoms with Crippen LogP contribution in [-0.4, -0.2) is 35.7 Å². The maximum atomic E-state index is 11.9. The average molecular weight is 298 g/mol. The Balaban J connectivity index is 2.16. The normalized spacial score (nSPS) is 11.1. The standard InChI is InChI=1S/C13H10N6O3/c20-11-10(6-16-18-7-14-15-8-18)12(21)19(13(22)17-11)9-4-2-1-3-5-9/h1-8,21H,(H,17,20,22)/b16-6+. The highest BCUT2D eigenvalue weighted by molar-refractivity contribution is 5.82. The van der Waals surface area contributed by atoms with Crippen molar-refractivity contribution in [2.75, 3.05) is 0 Å². The van der Waals surface area contributed by atoms with E-state index in [1.165, 1.54) is 17.3 Å². The summed E-state index contributed by atoms with van der Waals surface area (Å²) in [4.78, 5) is 25.9. The van der Waals surface area contributed by atoms with Gasteiger partial charge in [0.1, 0.15) is 18.2 Å². The van der Waals surface area contributed by atoms with Gasteiger partial charge < -0.3 is 5.11 Å². The zero-order chi connectivity index (χ0) is 15.5. The molecule has 0 saturated carbocycles. The molecule has 0 aliphatic carbocycles. The van der Waals surface area contributed by atoms with Crippen molar-refractivity contribution in [2.45, 2.75) is 0 Å². The Labute approximate surface area is 122 Å². The van der Waals surface area contributed by atoms with Gasteiger partial charge in [-0.3, -0.25) is 9.78 Å². The van der Waals surface area contributed by atoms with Crippen molar-refractivity contribution in [3.8, 4) is 11.6 Å². The molecule has 2 heterocycles. The predicted molar refractivity (Wildman–Crippen MR) is 77.3 cm³/mol. The number of hydrogen-bond acceptors (Lipinski definition) is 6. The first-order valence-corrected chi connectivity index (χ1v) is 6.19. The SMILES string of the molecule is O=c1[nH]c(=O)n(-c2ccccc2)c(O)c1/C=N/n1cnnc1. The third-order valence-corrected chi connectivity index (χ3v) is 2.86. The molecular weight excluding hydrogens is 288 g/mol. The summed E-state index contributed by atoms with van der Waals surface area (Å²) < 4.78 is 2.23. The summed E-state index contributed by atoms with van der Waals surface area (Å²) in [7, 11) is 0. The van der Waals surface area contributed by atoms with E-state index in [2.05, 4.69) is 20.3 Å². The Bertz CT molecular complexity index is 925. The highest BCUT2D eigenvalue weighted by atomic mass is 16.3. The zero-order valence-electron chi connectivity index (χ0n) is 11.1. The minimum Gasteiger partial charge on any atom is -0.493 e. The van der Waals surface area contributed by atoms with Gasteiger partial charge in [-0.05, 0) is 12.1 Å². The number of aromatic nitrogens is 5. The lowest BCUT2D eigenvalue weighted by atomic mass is 10.3. The Morgan fingerprint density at radius 3 is 2.50 bits per heavy atom. The van der Waals surface area contributed by atoms with Gasteiger partial charge in [-0.2, -0.15) is 5.10 Å². The number of rotatable bonds is 3. The molecule has 3 aromatic rings. The second-order valence-corrected chi connectivity index (χ2v) is 4.25. The van der Waals surface area contributed by atoms with E-state index in [0.29, 0.717) is 5.69 Å². The van der Waals surface area contributed by atoms with Crippen LogP contribution >= 0.6 is 0 Å². The van der Waals surface area contributed by atoms with E-state index in [-0.39, 0.29) is 5.56 Å². The fourth-order valence-corrected chi connectivity index (χ4v) is 1.85. The van der Waals surface area contributed by atoms with Gasteiger partial charge in [0.25, 0.3) is 5.56 Å². The average Bonchev–Trinajstić information content (AvgIpc) is 3.01. The molecule has 2 N–H and O–H groups in total. The lowest BCUT2D eigenvalue weighted by Gasteiger charge is -2.09. The van der Waals surface area contributed by atoms with Gasteiger partial charge in [0.15, 0.2) is 0 Å². The molecule has 0 aliphatic rings. The van der Waals surface area contributed by atoms with Crippen LogP contribution in [0, 0.1) is 0 Å².